The molecule has 0 fully saturated rings. The summed E-state index contributed by atoms with van der Waals surface area (Å²) >= 11 is 0. The lowest BCUT2D eigenvalue weighted by Gasteiger charge is -2.15. The Balaban J connectivity index is 2.88. The molecule has 1 aromatic rings. The van der Waals surface area contributed by atoms with Crippen molar-refractivity contribution >= 4 is 5.91 Å². The highest BCUT2D eigenvalue weighted by Crippen LogP contribution is 2.28. The molecule has 0 aliphatic rings. The third-order valence-corrected chi connectivity index (χ3v) is 2.86. The fourth-order valence-corrected chi connectivity index (χ4v) is 1.67. The van der Waals surface area contributed by atoms with E-state index in [1.165, 1.54) is 0 Å². The number of ether oxygens (including phenoxy) is 2. The highest BCUT2D eigenvalue weighted by atomic mass is 16.5. The van der Waals surface area contributed by atoms with Crippen molar-refractivity contribution < 1.29 is 14.3 Å². The van der Waals surface area contributed by atoms with Crippen LogP contribution in [0.3, 0.4) is 0 Å². The average Bonchev–Trinajstić information content (AvgIpc) is 2.50. The molecule has 5 heteroatoms. The Kier molecular flexibility index (Phi) is 7.61. The number of amides is 1. The van der Waals surface area contributed by atoms with Crippen molar-refractivity contribution in [1.29, 1.82) is 0 Å². The minimum Gasteiger partial charge on any atom is -0.490 e. The number of hydrogen-bond acceptors (Lipinski definition) is 4. The molecular formula is C16H26N2O3. The van der Waals surface area contributed by atoms with Gasteiger partial charge < -0.3 is 20.5 Å². The van der Waals surface area contributed by atoms with E-state index in [9.17, 15) is 4.79 Å². The predicted octanol–water partition coefficient (Wildman–Crippen LogP) is 2.34. The minimum absolute atomic E-state index is 0.0615. The summed E-state index contributed by atoms with van der Waals surface area (Å²) in [6.45, 7) is 7.56. The second kappa shape index (κ2) is 9.23. The van der Waals surface area contributed by atoms with Crippen LogP contribution in [-0.4, -0.2) is 31.7 Å². The molecule has 0 aromatic heterocycles. The Hall–Kier alpha value is -1.75. The largest absolute Gasteiger partial charge is 0.490 e. The summed E-state index contributed by atoms with van der Waals surface area (Å²) in [5, 5.41) is 2.83. The van der Waals surface area contributed by atoms with Crippen LogP contribution >= 0.6 is 0 Å². The summed E-state index contributed by atoms with van der Waals surface area (Å²) in [6, 6.07) is 5.18. The molecule has 0 unspecified atom stereocenters. The Morgan fingerprint density at radius 3 is 2.38 bits per heavy atom. The zero-order chi connectivity index (χ0) is 15.7. The van der Waals surface area contributed by atoms with Gasteiger partial charge in [0.05, 0.1) is 13.2 Å². The maximum absolute atomic E-state index is 12.1. The molecule has 1 rings (SSSR count). The standard InChI is InChI=1S/C16H26N2O3/c1-4-8-20-14-7-6-13(10-15(14)21-9-5-2)16(19)18-12(3)11-17/h6-7,10,12H,4-5,8-9,11,17H2,1-3H3,(H,18,19)/t12-/m0/s1. The van der Waals surface area contributed by atoms with Crippen LogP contribution < -0.4 is 20.5 Å². The quantitative estimate of drug-likeness (QED) is 0.733. The number of carbonyl (C=O) groups is 1. The van der Waals surface area contributed by atoms with Gasteiger partial charge in [0.1, 0.15) is 0 Å². The van der Waals surface area contributed by atoms with Gasteiger partial charge in [-0.05, 0) is 38.0 Å². The summed E-state index contributed by atoms with van der Waals surface area (Å²) in [5.41, 5.74) is 6.06. The van der Waals surface area contributed by atoms with E-state index in [0.29, 0.717) is 36.8 Å². The van der Waals surface area contributed by atoms with E-state index in [4.69, 9.17) is 15.2 Å². The van der Waals surface area contributed by atoms with Gasteiger partial charge in [-0.3, -0.25) is 4.79 Å². The minimum atomic E-state index is -0.156. The van der Waals surface area contributed by atoms with Gasteiger partial charge in [-0.25, -0.2) is 0 Å². The first-order chi connectivity index (χ1) is 10.1. The molecule has 0 spiro atoms. The molecule has 0 saturated heterocycles. The number of nitrogens with two attached hydrogens (primary N) is 1. The molecule has 5 nitrogen and oxygen atoms in total. The fourth-order valence-electron chi connectivity index (χ4n) is 1.67. The average molecular weight is 294 g/mol. The lowest BCUT2D eigenvalue weighted by molar-refractivity contribution is 0.0940. The van der Waals surface area contributed by atoms with Gasteiger partial charge in [-0.15, -0.1) is 0 Å². The molecule has 0 radical (unpaired) electrons. The third-order valence-electron chi connectivity index (χ3n) is 2.86. The fraction of sp³-hybridized carbons (Fsp3) is 0.562. The van der Waals surface area contributed by atoms with Crippen LogP contribution in [0.25, 0.3) is 0 Å². The SMILES string of the molecule is CCCOc1ccc(C(=O)N[C@@H](C)CN)cc1OCCC. The Labute approximate surface area is 126 Å². The zero-order valence-electron chi connectivity index (χ0n) is 13.1. The van der Waals surface area contributed by atoms with Gasteiger partial charge >= 0.3 is 0 Å². The molecule has 1 aromatic carbocycles. The second-order valence-corrected chi connectivity index (χ2v) is 4.97. The van der Waals surface area contributed by atoms with E-state index in [0.717, 1.165) is 12.8 Å². The first-order valence-corrected chi connectivity index (χ1v) is 7.52. The number of nitrogens with one attached hydrogen (secondary N) is 1. The van der Waals surface area contributed by atoms with Gasteiger partial charge in [0.25, 0.3) is 5.91 Å². The van der Waals surface area contributed by atoms with Crippen LogP contribution in [0.1, 0.15) is 44.0 Å². The van der Waals surface area contributed by atoms with Crippen LogP contribution in [-0.2, 0) is 0 Å². The highest BCUT2D eigenvalue weighted by molar-refractivity contribution is 5.95. The lowest BCUT2D eigenvalue weighted by atomic mass is 10.1. The molecule has 1 atom stereocenters. The third kappa shape index (κ3) is 5.63. The Morgan fingerprint density at radius 2 is 1.81 bits per heavy atom. The van der Waals surface area contributed by atoms with Crippen LogP contribution in [0.2, 0.25) is 0 Å². The summed E-state index contributed by atoms with van der Waals surface area (Å²) in [4.78, 5) is 12.1. The highest BCUT2D eigenvalue weighted by Gasteiger charge is 2.13. The molecule has 3 N–H and O–H groups in total. The van der Waals surface area contributed by atoms with Crippen molar-refractivity contribution in [2.45, 2.75) is 39.7 Å². The van der Waals surface area contributed by atoms with Crippen molar-refractivity contribution in [1.82, 2.24) is 5.32 Å². The maximum atomic E-state index is 12.1. The molecule has 0 aliphatic heterocycles. The van der Waals surface area contributed by atoms with Crippen LogP contribution in [0, 0.1) is 0 Å². The van der Waals surface area contributed by atoms with Crippen LogP contribution in [0.15, 0.2) is 18.2 Å². The van der Waals surface area contributed by atoms with Crippen molar-refractivity contribution in [2.24, 2.45) is 5.73 Å². The maximum Gasteiger partial charge on any atom is 0.251 e. The van der Waals surface area contributed by atoms with Crippen molar-refractivity contribution in [3.8, 4) is 11.5 Å². The molecule has 118 valence electrons. The number of rotatable bonds is 9. The van der Waals surface area contributed by atoms with E-state index in [1.54, 1.807) is 18.2 Å². The van der Waals surface area contributed by atoms with Gasteiger partial charge in [-0.1, -0.05) is 13.8 Å². The molecular weight excluding hydrogens is 268 g/mol. The van der Waals surface area contributed by atoms with Crippen molar-refractivity contribution in [2.75, 3.05) is 19.8 Å². The summed E-state index contributed by atoms with van der Waals surface area (Å²) in [6.07, 6.45) is 1.82. The van der Waals surface area contributed by atoms with Crippen LogP contribution in [0.4, 0.5) is 0 Å². The van der Waals surface area contributed by atoms with E-state index in [-0.39, 0.29) is 11.9 Å². The van der Waals surface area contributed by atoms with E-state index in [1.807, 2.05) is 20.8 Å². The summed E-state index contributed by atoms with van der Waals surface area (Å²) in [5.74, 6) is 1.13. The van der Waals surface area contributed by atoms with Gasteiger partial charge in [-0.2, -0.15) is 0 Å². The van der Waals surface area contributed by atoms with Crippen molar-refractivity contribution in [3.05, 3.63) is 23.8 Å². The van der Waals surface area contributed by atoms with Crippen LogP contribution in [0.5, 0.6) is 11.5 Å². The topological polar surface area (TPSA) is 73.6 Å². The molecule has 0 bridgehead atoms. The molecule has 0 saturated carbocycles. The molecule has 0 aliphatic carbocycles. The Morgan fingerprint density at radius 1 is 1.19 bits per heavy atom. The van der Waals surface area contributed by atoms with Gasteiger partial charge in [0.15, 0.2) is 11.5 Å². The monoisotopic (exact) mass is 294 g/mol. The first kappa shape index (κ1) is 17.3. The Bertz CT molecular complexity index is 449. The molecule has 0 heterocycles. The molecule has 21 heavy (non-hydrogen) atoms. The number of benzene rings is 1. The van der Waals surface area contributed by atoms with E-state index < -0.39 is 0 Å². The summed E-state index contributed by atoms with van der Waals surface area (Å²) < 4.78 is 11.3. The van der Waals surface area contributed by atoms with E-state index in [2.05, 4.69) is 5.32 Å². The lowest BCUT2D eigenvalue weighted by Crippen LogP contribution is -2.37. The van der Waals surface area contributed by atoms with Crippen molar-refractivity contribution in [3.63, 3.8) is 0 Å². The zero-order valence-corrected chi connectivity index (χ0v) is 13.1. The number of carbonyl (C=O) groups excluding carboxylic acids is 1. The summed E-state index contributed by atoms with van der Waals surface area (Å²) in [7, 11) is 0. The second-order valence-electron chi connectivity index (χ2n) is 4.97. The van der Waals surface area contributed by atoms with Gasteiger partial charge in [0, 0.05) is 18.2 Å². The normalized spacial score (nSPS) is 11.8. The molecule has 1 amide bonds. The smallest absolute Gasteiger partial charge is 0.251 e. The predicted molar refractivity (Wildman–Crippen MR) is 84.0 cm³/mol. The van der Waals surface area contributed by atoms with Gasteiger partial charge in [0.2, 0.25) is 0 Å². The first-order valence-electron chi connectivity index (χ1n) is 7.52. The van der Waals surface area contributed by atoms with E-state index >= 15 is 0 Å². The number of hydrogen-bond donors (Lipinski definition) is 2.